The van der Waals surface area contributed by atoms with E-state index in [9.17, 15) is 21.6 Å². The SMILES string of the molecule is Cc1ccc([Se](C#Cc2ccccc2)(OS(=O)(=O)C(F)(F)F)c2ccc(C)cc2)cc1. The second kappa shape index (κ2) is 8.89. The van der Waals surface area contributed by atoms with Crippen molar-refractivity contribution < 1.29 is 24.9 Å². The first kappa shape index (κ1) is 23.1. The van der Waals surface area contributed by atoms with Gasteiger partial charge in [-0.05, 0) is 0 Å². The van der Waals surface area contributed by atoms with Crippen molar-refractivity contribution in [3.8, 4) is 10.7 Å². The maximum atomic E-state index is 13.4. The van der Waals surface area contributed by atoms with Gasteiger partial charge < -0.3 is 0 Å². The quantitative estimate of drug-likeness (QED) is 0.304. The number of hydrogen-bond acceptors (Lipinski definition) is 3. The van der Waals surface area contributed by atoms with Crippen LogP contribution in [0, 0.1) is 24.6 Å². The zero-order valence-electron chi connectivity index (χ0n) is 16.7. The molecule has 0 aromatic heterocycles. The predicted molar refractivity (Wildman–Crippen MR) is 117 cm³/mol. The topological polar surface area (TPSA) is 43.4 Å². The Bertz CT molecular complexity index is 1160. The minimum atomic E-state index is -5.91. The fraction of sp³-hybridized carbons (Fsp3) is 0.130. The molecule has 0 saturated heterocycles. The maximum absolute atomic E-state index is 13.4. The van der Waals surface area contributed by atoms with E-state index in [4.69, 9.17) is 3.27 Å². The van der Waals surface area contributed by atoms with Gasteiger partial charge in [-0.15, -0.1) is 0 Å². The summed E-state index contributed by atoms with van der Waals surface area (Å²) in [4.78, 5) is 2.85. The fourth-order valence-corrected chi connectivity index (χ4v) is 10.3. The van der Waals surface area contributed by atoms with Crippen LogP contribution in [-0.4, -0.2) is 27.1 Å². The molecular formula is C23H19F3O3SSe. The van der Waals surface area contributed by atoms with E-state index in [0.717, 1.165) is 11.1 Å². The summed E-state index contributed by atoms with van der Waals surface area (Å²) in [6.45, 7) is 3.65. The van der Waals surface area contributed by atoms with Crippen LogP contribution >= 0.6 is 0 Å². The Labute approximate surface area is 182 Å². The molecule has 0 N–H and O–H groups in total. The molecule has 0 radical (unpaired) electrons. The van der Waals surface area contributed by atoms with Crippen molar-refractivity contribution >= 4 is 32.2 Å². The molecule has 0 aliphatic rings. The van der Waals surface area contributed by atoms with E-state index >= 15 is 0 Å². The summed E-state index contributed by atoms with van der Waals surface area (Å²) >= 11 is -4.44. The Morgan fingerprint density at radius 3 is 1.65 bits per heavy atom. The molecule has 0 heterocycles. The normalized spacial score (nSPS) is 12.7. The molecule has 0 bridgehead atoms. The van der Waals surface area contributed by atoms with Crippen LogP contribution in [0.3, 0.4) is 0 Å². The molecule has 3 nitrogen and oxygen atoms in total. The summed E-state index contributed by atoms with van der Waals surface area (Å²) < 4.78 is 70.2. The molecule has 3 aromatic rings. The van der Waals surface area contributed by atoms with Gasteiger partial charge in [-0.25, -0.2) is 0 Å². The molecule has 0 aliphatic heterocycles. The Hall–Kier alpha value is -2.56. The fourth-order valence-electron chi connectivity index (χ4n) is 2.63. The van der Waals surface area contributed by atoms with Crippen LogP contribution < -0.4 is 8.92 Å². The zero-order chi connectivity index (χ0) is 22.7. The van der Waals surface area contributed by atoms with E-state index < -0.39 is 28.8 Å². The van der Waals surface area contributed by atoms with Gasteiger partial charge in [0.25, 0.3) is 0 Å². The van der Waals surface area contributed by atoms with E-state index in [1.807, 2.05) is 13.8 Å². The van der Waals surface area contributed by atoms with Crippen molar-refractivity contribution in [2.24, 2.45) is 0 Å². The molecule has 0 fully saturated rings. The van der Waals surface area contributed by atoms with Gasteiger partial charge in [-0.2, -0.15) is 0 Å². The van der Waals surface area contributed by atoms with Gasteiger partial charge in [0.15, 0.2) is 0 Å². The average Bonchev–Trinajstić information content (AvgIpc) is 2.72. The Balaban J connectivity index is 2.33. The van der Waals surface area contributed by atoms with Crippen LogP contribution in [0.25, 0.3) is 0 Å². The van der Waals surface area contributed by atoms with Crippen molar-refractivity contribution in [3.63, 3.8) is 0 Å². The molecule has 0 saturated carbocycles. The van der Waals surface area contributed by atoms with E-state index in [2.05, 4.69) is 10.7 Å². The third-order valence-corrected chi connectivity index (χ3v) is 12.4. The number of rotatable bonds is 4. The Kier molecular flexibility index (Phi) is 6.63. The van der Waals surface area contributed by atoms with Gasteiger partial charge in [-0.1, -0.05) is 0 Å². The van der Waals surface area contributed by atoms with E-state index in [0.29, 0.717) is 14.5 Å². The van der Waals surface area contributed by atoms with Crippen LogP contribution in [-0.2, 0) is 13.4 Å². The summed E-state index contributed by atoms with van der Waals surface area (Å²) in [6.07, 6.45) is 0. The van der Waals surface area contributed by atoms with Crippen molar-refractivity contribution in [1.29, 1.82) is 0 Å². The third-order valence-electron chi connectivity index (χ3n) is 4.29. The number of aryl methyl sites for hydroxylation is 2. The second-order valence-corrected chi connectivity index (χ2v) is 13.8. The molecule has 162 valence electrons. The molecule has 0 spiro atoms. The van der Waals surface area contributed by atoms with Crippen molar-refractivity contribution in [2.75, 3.05) is 0 Å². The summed E-state index contributed by atoms with van der Waals surface area (Å²) in [6, 6.07) is 21.8. The van der Waals surface area contributed by atoms with Crippen LogP contribution in [0.15, 0.2) is 78.9 Å². The first-order valence-corrected chi connectivity index (χ1v) is 13.8. The first-order chi connectivity index (χ1) is 14.5. The molecule has 0 amide bonds. The van der Waals surface area contributed by atoms with Gasteiger partial charge in [0.05, 0.1) is 0 Å². The van der Waals surface area contributed by atoms with Crippen LogP contribution in [0.5, 0.6) is 0 Å². The van der Waals surface area contributed by atoms with Crippen molar-refractivity contribution in [2.45, 2.75) is 19.4 Å². The third kappa shape index (κ3) is 5.20. The summed E-state index contributed by atoms with van der Waals surface area (Å²) in [5.74, 6) is 2.85. The molecule has 0 atom stereocenters. The zero-order valence-corrected chi connectivity index (χ0v) is 19.2. The summed E-state index contributed by atoms with van der Waals surface area (Å²) in [7, 11) is -5.91. The molecule has 8 heteroatoms. The second-order valence-electron chi connectivity index (χ2n) is 6.74. The number of benzene rings is 3. The van der Waals surface area contributed by atoms with Gasteiger partial charge >= 0.3 is 183 Å². The number of alkyl halides is 3. The monoisotopic (exact) mass is 512 g/mol. The molecule has 31 heavy (non-hydrogen) atoms. The Morgan fingerprint density at radius 1 is 0.774 bits per heavy atom. The minimum absolute atomic E-state index is 0.321. The number of halogens is 3. The standard InChI is InChI=1S/C23H19F3O3SSe/c1-18-8-12-21(13-9-18)31(22-14-10-19(2)11-15-22,29-30(27,28)23(24,25)26)17-16-20-6-4-3-5-7-20/h3-15H,1-2H3. The van der Waals surface area contributed by atoms with E-state index in [-0.39, 0.29) is 0 Å². The Morgan fingerprint density at radius 2 is 1.23 bits per heavy atom. The van der Waals surface area contributed by atoms with Crippen LogP contribution in [0.4, 0.5) is 13.2 Å². The molecule has 0 unspecified atom stereocenters. The van der Waals surface area contributed by atoms with Crippen LogP contribution in [0.2, 0.25) is 0 Å². The summed E-state index contributed by atoms with van der Waals surface area (Å²) in [5.41, 5.74) is -3.29. The van der Waals surface area contributed by atoms with Crippen molar-refractivity contribution in [1.82, 2.24) is 0 Å². The first-order valence-electron chi connectivity index (χ1n) is 9.10. The molecule has 0 aliphatic carbocycles. The van der Waals surface area contributed by atoms with E-state index in [1.54, 1.807) is 78.9 Å². The van der Waals surface area contributed by atoms with Gasteiger partial charge in [-0.3, -0.25) is 0 Å². The number of hydrogen-bond donors (Lipinski definition) is 0. The summed E-state index contributed by atoms with van der Waals surface area (Å²) in [5, 5.41) is 0. The van der Waals surface area contributed by atoms with Crippen molar-refractivity contribution in [3.05, 3.63) is 95.6 Å². The molecule has 3 aromatic carbocycles. The molecular weight excluding hydrogens is 492 g/mol. The van der Waals surface area contributed by atoms with Gasteiger partial charge in [0, 0.05) is 0 Å². The van der Waals surface area contributed by atoms with Crippen LogP contribution in [0.1, 0.15) is 16.7 Å². The predicted octanol–water partition coefficient (Wildman–Crippen LogP) is 3.82. The van der Waals surface area contributed by atoms with Gasteiger partial charge in [0.2, 0.25) is 0 Å². The van der Waals surface area contributed by atoms with Gasteiger partial charge in [0.1, 0.15) is 0 Å². The van der Waals surface area contributed by atoms with E-state index in [1.165, 1.54) is 0 Å². The molecule has 3 rings (SSSR count). The average molecular weight is 511 g/mol.